The van der Waals surface area contributed by atoms with E-state index >= 15 is 0 Å². The van der Waals surface area contributed by atoms with Crippen molar-refractivity contribution in [2.24, 2.45) is 0 Å². The van der Waals surface area contributed by atoms with Gasteiger partial charge in [-0.25, -0.2) is 9.78 Å². The highest BCUT2D eigenvalue weighted by atomic mass is 16.5. The minimum absolute atomic E-state index is 0.219. The summed E-state index contributed by atoms with van der Waals surface area (Å²) >= 11 is 0. The Bertz CT molecular complexity index is 980. The Hall–Kier alpha value is -2.71. The van der Waals surface area contributed by atoms with Gasteiger partial charge in [0.2, 0.25) is 0 Å². The van der Waals surface area contributed by atoms with E-state index in [4.69, 9.17) is 9.47 Å². The van der Waals surface area contributed by atoms with Crippen molar-refractivity contribution in [1.29, 1.82) is 0 Å². The maximum atomic E-state index is 12.4. The van der Waals surface area contributed by atoms with Crippen LogP contribution in [0.2, 0.25) is 0 Å². The molecule has 0 aliphatic carbocycles. The van der Waals surface area contributed by atoms with E-state index in [0.717, 1.165) is 18.5 Å². The van der Waals surface area contributed by atoms with Gasteiger partial charge in [0.05, 0.1) is 19.3 Å². The second-order valence-electron chi connectivity index (χ2n) is 7.15. The number of H-pyrrole nitrogens is 1. The number of ether oxygens (including phenoxy) is 2. The number of imidazole rings is 1. The molecule has 0 radical (unpaired) electrons. The Balaban J connectivity index is 1.79. The van der Waals surface area contributed by atoms with Gasteiger partial charge in [0.1, 0.15) is 12.1 Å². The van der Waals surface area contributed by atoms with Crippen molar-refractivity contribution >= 4 is 11.2 Å². The molecule has 1 unspecified atom stereocenters. The fraction of sp³-hybridized carbons (Fsp3) is 0.476. The van der Waals surface area contributed by atoms with Gasteiger partial charge >= 0.3 is 11.7 Å². The van der Waals surface area contributed by atoms with E-state index < -0.39 is 0 Å². The Morgan fingerprint density at radius 3 is 2.69 bits per heavy atom. The highest BCUT2D eigenvalue weighted by Gasteiger charge is 2.13. The molecule has 156 valence electrons. The summed E-state index contributed by atoms with van der Waals surface area (Å²) in [6.07, 6.45) is 2.69. The number of hydrogen-bond donors (Lipinski definition) is 1. The van der Waals surface area contributed by atoms with Gasteiger partial charge in [0, 0.05) is 13.2 Å². The zero-order valence-electron chi connectivity index (χ0n) is 17.5. The molecule has 0 aliphatic rings. The van der Waals surface area contributed by atoms with Gasteiger partial charge in [-0.1, -0.05) is 31.2 Å². The number of aromatic nitrogens is 4. The number of nitrogens with one attached hydrogen (secondary N) is 1. The molecule has 0 amide bonds. The van der Waals surface area contributed by atoms with Crippen molar-refractivity contribution in [3.63, 3.8) is 0 Å². The smallest absolute Gasteiger partial charge is 0.328 e. The van der Waals surface area contributed by atoms with E-state index in [1.807, 2.05) is 0 Å². The van der Waals surface area contributed by atoms with Crippen LogP contribution in [0.3, 0.4) is 0 Å². The highest BCUT2D eigenvalue weighted by Crippen LogP contribution is 2.20. The van der Waals surface area contributed by atoms with Gasteiger partial charge < -0.3 is 14.5 Å². The lowest BCUT2D eigenvalue weighted by Gasteiger charge is -2.24. The molecule has 3 rings (SSSR count). The van der Waals surface area contributed by atoms with Crippen LogP contribution in [0.1, 0.15) is 37.4 Å². The van der Waals surface area contributed by atoms with E-state index in [2.05, 4.69) is 65.0 Å². The van der Waals surface area contributed by atoms with E-state index in [1.165, 1.54) is 5.56 Å². The molecule has 8 heteroatoms. The first-order valence-electron chi connectivity index (χ1n) is 9.89. The lowest BCUT2D eigenvalue weighted by Crippen LogP contribution is -2.23. The molecule has 2 aromatic heterocycles. The maximum absolute atomic E-state index is 12.4. The van der Waals surface area contributed by atoms with Gasteiger partial charge in [0.15, 0.2) is 5.65 Å². The van der Waals surface area contributed by atoms with Gasteiger partial charge in [-0.3, -0.25) is 9.47 Å². The predicted octanol–water partition coefficient (Wildman–Crippen LogP) is 2.60. The summed E-state index contributed by atoms with van der Waals surface area (Å²) in [5.41, 5.74) is 3.18. The molecule has 2 heterocycles. The summed E-state index contributed by atoms with van der Waals surface area (Å²) < 4.78 is 12.0. The van der Waals surface area contributed by atoms with Gasteiger partial charge in [-0.15, -0.1) is 0 Å². The van der Waals surface area contributed by atoms with Crippen LogP contribution in [0, 0.1) is 0 Å². The molecule has 29 heavy (non-hydrogen) atoms. The molecule has 0 saturated carbocycles. The molecular weight excluding hydrogens is 370 g/mol. The van der Waals surface area contributed by atoms with Crippen LogP contribution in [0.15, 0.2) is 35.3 Å². The Kier molecular flexibility index (Phi) is 7.00. The number of hydrogen-bond acceptors (Lipinski definition) is 6. The van der Waals surface area contributed by atoms with Gasteiger partial charge in [-0.2, -0.15) is 4.98 Å². The third-order valence-corrected chi connectivity index (χ3v) is 5.05. The van der Waals surface area contributed by atoms with E-state index in [0.29, 0.717) is 37.0 Å². The van der Waals surface area contributed by atoms with Crippen LogP contribution in [-0.2, 0) is 11.3 Å². The highest BCUT2D eigenvalue weighted by molar-refractivity contribution is 5.69. The summed E-state index contributed by atoms with van der Waals surface area (Å²) in [5.74, 6) is 0. The van der Waals surface area contributed by atoms with E-state index in [9.17, 15) is 4.79 Å². The predicted molar refractivity (Wildman–Crippen MR) is 112 cm³/mol. The summed E-state index contributed by atoms with van der Waals surface area (Å²) in [5, 5.41) is 0. The fourth-order valence-corrected chi connectivity index (χ4v) is 3.25. The molecule has 8 nitrogen and oxygen atoms in total. The first-order valence-corrected chi connectivity index (χ1v) is 9.89. The first-order chi connectivity index (χ1) is 14.0. The summed E-state index contributed by atoms with van der Waals surface area (Å²) in [7, 11) is 3.74. The Morgan fingerprint density at radius 2 is 2.00 bits per heavy atom. The Labute approximate surface area is 170 Å². The normalized spacial score (nSPS) is 12.6. The molecule has 0 saturated heterocycles. The van der Waals surface area contributed by atoms with Gasteiger partial charge in [0.25, 0.3) is 0 Å². The summed E-state index contributed by atoms with van der Waals surface area (Å²) in [4.78, 5) is 26.1. The average Bonchev–Trinajstić information content (AvgIpc) is 3.03. The standard InChI is InChI=1S/C21H29N5O3/c1-5-10-25(3)15(2)17-8-6-16(7-9-17)14-26-19-18(23-21(26)27)13-22-20(24-19)29-12-11-28-4/h6-9,13,15H,5,10-12,14H2,1-4H3,(H,23,27). The van der Waals surface area contributed by atoms with Crippen molar-refractivity contribution in [2.75, 3.05) is 33.9 Å². The van der Waals surface area contributed by atoms with Crippen LogP contribution < -0.4 is 10.4 Å². The Morgan fingerprint density at radius 1 is 1.24 bits per heavy atom. The second kappa shape index (κ2) is 9.67. The number of nitrogens with zero attached hydrogens (tertiary/aromatic N) is 4. The SMILES string of the molecule is CCCN(C)C(C)c1ccc(Cn2c(=O)[nH]c3cnc(OCCOC)nc32)cc1. The monoisotopic (exact) mass is 399 g/mol. The lowest BCUT2D eigenvalue weighted by atomic mass is 10.0. The minimum Gasteiger partial charge on any atom is -0.461 e. The largest absolute Gasteiger partial charge is 0.461 e. The van der Waals surface area contributed by atoms with Crippen LogP contribution in [0.25, 0.3) is 11.2 Å². The van der Waals surface area contributed by atoms with Crippen LogP contribution in [-0.4, -0.2) is 58.3 Å². The minimum atomic E-state index is -0.219. The summed E-state index contributed by atoms with van der Waals surface area (Å²) in [6, 6.07) is 8.95. The van der Waals surface area contributed by atoms with Crippen molar-refractivity contribution in [1.82, 2.24) is 24.4 Å². The zero-order valence-corrected chi connectivity index (χ0v) is 17.5. The number of benzene rings is 1. The third kappa shape index (κ3) is 5.02. The molecule has 1 aromatic carbocycles. The molecule has 3 aromatic rings. The molecule has 0 spiro atoms. The molecule has 1 atom stereocenters. The fourth-order valence-electron chi connectivity index (χ4n) is 3.25. The second-order valence-corrected chi connectivity index (χ2v) is 7.15. The van der Waals surface area contributed by atoms with Crippen molar-refractivity contribution in [3.05, 3.63) is 52.1 Å². The van der Waals surface area contributed by atoms with Gasteiger partial charge in [-0.05, 0) is 38.1 Å². The van der Waals surface area contributed by atoms with E-state index in [-0.39, 0.29) is 11.7 Å². The lowest BCUT2D eigenvalue weighted by molar-refractivity contribution is 0.141. The number of fused-ring (bicyclic) bond motifs is 1. The molecule has 0 fully saturated rings. The third-order valence-electron chi connectivity index (χ3n) is 5.05. The molecule has 1 N–H and O–H groups in total. The topological polar surface area (TPSA) is 85.3 Å². The maximum Gasteiger partial charge on any atom is 0.328 e. The first kappa shape index (κ1) is 21.0. The number of aromatic amines is 1. The van der Waals surface area contributed by atoms with Crippen molar-refractivity contribution in [3.8, 4) is 6.01 Å². The van der Waals surface area contributed by atoms with Crippen LogP contribution in [0.4, 0.5) is 0 Å². The summed E-state index contributed by atoms with van der Waals surface area (Å²) in [6.45, 7) is 6.66. The number of methoxy groups -OCH3 is 1. The molecule has 0 bridgehead atoms. The zero-order chi connectivity index (χ0) is 20.8. The van der Waals surface area contributed by atoms with Crippen LogP contribution in [0.5, 0.6) is 6.01 Å². The quantitative estimate of drug-likeness (QED) is 0.528. The molecule has 0 aliphatic heterocycles. The van der Waals surface area contributed by atoms with Crippen molar-refractivity contribution in [2.45, 2.75) is 32.9 Å². The average molecular weight is 399 g/mol. The van der Waals surface area contributed by atoms with Crippen LogP contribution >= 0.6 is 0 Å². The van der Waals surface area contributed by atoms with Crippen molar-refractivity contribution < 1.29 is 9.47 Å². The number of rotatable bonds is 10. The van der Waals surface area contributed by atoms with E-state index in [1.54, 1.807) is 17.9 Å². The molecular formula is C21H29N5O3.